The summed E-state index contributed by atoms with van der Waals surface area (Å²) in [7, 11) is 3.38. The lowest BCUT2D eigenvalue weighted by Gasteiger charge is -2.12. The minimum Gasteiger partial charge on any atom is -0.497 e. The van der Waals surface area contributed by atoms with Gasteiger partial charge in [0, 0.05) is 25.7 Å². The number of carbonyl (C=O) groups is 1. The molecule has 26 heavy (non-hydrogen) atoms. The molecular weight excluding hydrogens is 443 g/mol. The zero-order chi connectivity index (χ0) is 18.1. The second-order valence-electron chi connectivity index (χ2n) is 5.52. The summed E-state index contributed by atoms with van der Waals surface area (Å²) in [5.41, 5.74) is 7.99. The van der Waals surface area contributed by atoms with Gasteiger partial charge in [0.15, 0.2) is 5.96 Å². The smallest absolute Gasteiger partial charge is 0.248 e. The van der Waals surface area contributed by atoms with Crippen LogP contribution in [0, 0.1) is 0 Å². The number of aliphatic imine (C=N–C) groups is 1. The van der Waals surface area contributed by atoms with Crippen molar-refractivity contribution in [2.45, 2.75) is 13.0 Å². The first-order chi connectivity index (χ1) is 12.1. The fourth-order valence-corrected chi connectivity index (χ4v) is 2.36. The summed E-state index contributed by atoms with van der Waals surface area (Å²) in [6, 6.07) is 15.2. The van der Waals surface area contributed by atoms with Gasteiger partial charge in [-0.3, -0.25) is 9.79 Å². The van der Waals surface area contributed by atoms with Gasteiger partial charge in [0.05, 0.1) is 7.11 Å². The third kappa shape index (κ3) is 6.91. The number of methoxy groups -OCH3 is 1. The lowest BCUT2D eigenvalue weighted by Crippen LogP contribution is -2.37. The number of hydrogen-bond acceptors (Lipinski definition) is 3. The Hall–Kier alpha value is -2.29. The summed E-state index contributed by atoms with van der Waals surface area (Å²) >= 11 is 0. The molecule has 0 atom stereocenters. The lowest BCUT2D eigenvalue weighted by atomic mass is 10.1. The summed E-state index contributed by atoms with van der Waals surface area (Å²) in [4.78, 5) is 15.4. The number of primary amides is 1. The van der Waals surface area contributed by atoms with E-state index in [2.05, 4.69) is 15.6 Å². The molecule has 2 aromatic carbocycles. The van der Waals surface area contributed by atoms with Crippen LogP contribution in [0.2, 0.25) is 0 Å². The average molecular weight is 468 g/mol. The van der Waals surface area contributed by atoms with E-state index in [1.54, 1.807) is 26.3 Å². The summed E-state index contributed by atoms with van der Waals surface area (Å²) in [6.07, 6.45) is 0.877. The number of guanidine groups is 1. The van der Waals surface area contributed by atoms with Crippen LogP contribution in [-0.4, -0.2) is 32.6 Å². The molecule has 0 saturated carbocycles. The standard InChI is InChI=1S/C19H24N4O2.HI/c1-21-19(22-11-10-14-6-8-17(25-2)9-7-14)23-13-15-4-3-5-16(12-15)18(20)24;/h3-9,12H,10-11,13H2,1-2H3,(H2,20,24)(H2,21,22,23);1H. The second kappa shape index (κ2) is 11.3. The molecule has 0 heterocycles. The molecule has 0 spiro atoms. The van der Waals surface area contributed by atoms with Crippen LogP contribution in [0.5, 0.6) is 5.75 Å². The van der Waals surface area contributed by atoms with Crippen molar-refractivity contribution in [1.82, 2.24) is 10.6 Å². The summed E-state index contributed by atoms with van der Waals surface area (Å²) in [5, 5.41) is 6.49. The van der Waals surface area contributed by atoms with E-state index < -0.39 is 5.91 Å². The lowest BCUT2D eigenvalue weighted by molar-refractivity contribution is 0.1000. The van der Waals surface area contributed by atoms with Gasteiger partial charge in [-0.2, -0.15) is 0 Å². The zero-order valence-electron chi connectivity index (χ0n) is 15.0. The Morgan fingerprint density at radius 3 is 2.46 bits per heavy atom. The number of ether oxygens (including phenoxy) is 1. The van der Waals surface area contributed by atoms with Crippen molar-refractivity contribution in [3.05, 3.63) is 65.2 Å². The van der Waals surface area contributed by atoms with Crippen LogP contribution in [0.1, 0.15) is 21.5 Å². The van der Waals surface area contributed by atoms with E-state index in [1.165, 1.54) is 5.56 Å². The van der Waals surface area contributed by atoms with Crippen molar-refractivity contribution in [1.29, 1.82) is 0 Å². The minimum absolute atomic E-state index is 0. The molecule has 0 unspecified atom stereocenters. The Morgan fingerprint density at radius 2 is 1.85 bits per heavy atom. The Labute approximate surface area is 171 Å². The third-order valence-corrected chi connectivity index (χ3v) is 3.76. The monoisotopic (exact) mass is 468 g/mol. The van der Waals surface area contributed by atoms with Crippen molar-refractivity contribution in [3.63, 3.8) is 0 Å². The number of halogens is 1. The Balaban J connectivity index is 0.00000338. The molecule has 0 radical (unpaired) electrons. The number of rotatable bonds is 7. The SMILES string of the molecule is CN=C(NCCc1ccc(OC)cc1)NCc1cccc(C(N)=O)c1.I. The van der Waals surface area contributed by atoms with Crippen LogP contribution in [0.3, 0.4) is 0 Å². The third-order valence-electron chi connectivity index (χ3n) is 3.76. The zero-order valence-corrected chi connectivity index (χ0v) is 17.3. The number of carbonyl (C=O) groups excluding carboxylic acids is 1. The molecule has 0 aromatic heterocycles. The molecule has 0 bridgehead atoms. The van der Waals surface area contributed by atoms with E-state index in [1.807, 2.05) is 36.4 Å². The highest BCUT2D eigenvalue weighted by Crippen LogP contribution is 2.11. The fraction of sp³-hybridized carbons (Fsp3) is 0.263. The van der Waals surface area contributed by atoms with Crippen LogP contribution in [-0.2, 0) is 13.0 Å². The van der Waals surface area contributed by atoms with E-state index in [9.17, 15) is 4.79 Å². The van der Waals surface area contributed by atoms with Crippen LogP contribution in [0.4, 0.5) is 0 Å². The Kier molecular flexibility index (Phi) is 9.50. The van der Waals surface area contributed by atoms with Crippen LogP contribution in [0.15, 0.2) is 53.5 Å². The molecule has 0 saturated heterocycles. The number of nitrogens with two attached hydrogens (primary N) is 1. The maximum atomic E-state index is 11.2. The van der Waals surface area contributed by atoms with E-state index in [0.717, 1.165) is 24.3 Å². The molecule has 7 heteroatoms. The van der Waals surface area contributed by atoms with Crippen LogP contribution < -0.4 is 21.1 Å². The molecule has 4 N–H and O–H groups in total. The van der Waals surface area contributed by atoms with E-state index >= 15 is 0 Å². The van der Waals surface area contributed by atoms with Crippen molar-refractivity contribution < 1.29 is 9.53 Å². The summed E-state index contributed by atoms with van der Waals surface area (Å²) < 4.78 is 5.15. The normalized spacial score (nSPS) is 10.6. The van der Waals surface area contributed by atoms with E-state index in [0.29, 0.717) is 18.1 Å². The highest BCUT2D eigenvalue weighted by atomic mass is 127. The highest BCUT2D eigenvalue weighted by molar-refractivity contribution is 14.0. The minimum atomic E-state index is -0.427. The van der Waals surface area contributed by atoms with Gasteiger partial charge < -0.3 is 21.1 Å². The number of amides is 1. The molecule has 6 nitrogen and oxygen atoms in total. The molecule has 0 fully saturated rings. The Morgan fingerprint density at radius 1 is 1.12 bits per heavy atom. The molecular formula is C19H25IN4O2. The van der Waals surface area contributed by atoms with Crippen LogP contribution in [0.25, 0.3) is 0 Å². The summed E-state index contributed by atoms with van der Waals surface area (Å²) in [6.45, 7) is 1.32. The molecule has 0 aliphatic heterocycles. The topological polar surface area (TPSA) is 88.7 Å². The maximum absolute atomic E-state index is 11.2. The van der Waals surface area contributed by atoms with E-state index in [4.69, 9.17) is 10.5 Å². The van der Waals surface area contributed by atoms with Gasteiger partial charge in [0.2, 0.25) is 5.91 Å². The largest absolute Gasteiger partial charge is 0.497 e. The summed E-state index contributed by atoms with van der Waals surface area (Å²) in [5.74, 6) is 1.13. The number of benzene rings is 2. The predicted molar refractivity (Wildman–Crippen MR) is 115 cm³/mol. The molecule has 140 valence electrons. The van der Waals surface area contributed by atoms with Gasteiger partial charge in [-0.25, -0.2) is 0 Å². The first-order valence-electron chi connectivity index (χ1n) is 8.08. The first-order valence-corrected chi connectivity index (χ1v) is 8.08. The van der Waals surface area contributed by atoms with Crippen LogP contribution >= 0.6 is 24.0 Å². The maximum Gasteiger partial charge on any atom is 0.248 e. The highest BCUT2D eigenvalue weighted by Gasteiger charge is 2.03. The number of nitrogens with zero attached hydrogens (tertiary/aromatic N) is 1. The molecule has 0 aliphatic rings. The van der Waals surface area contributed by atoms with Crippen molar-refractivity contribution >= 4 is 35.8 Å². The quantitative estimate of drug-likeness (QED) is 0.331. The molecule has 1 amide bonds. The average Bonchev–Trinajstić information content (AvgIpc) is 2.65. The van der Waals surface area contributed by atoms with Crippen molar-refractivity contribution in [2.24, 2.45) is 10.7 Å². The number of hydrogen-bond donors (Lipinski definition) is 3. The Bertz CT molecular complexity index is 733. The van der Waals surface area contributed by atoms with Gasteiger partial charge in [-0.05, 0) is 41.8 Å². The van der Waals surface area contributed by atoms with Gasteiger partial charge in [0.25, 0.3) is 0 Å². The van der Waals surface area contributed by atoms with Gasteiger partial charge in [-0.1, -0.05) is 24.3 Å². The van der Waals surface area contributed by atoms with Gasteiger partial charge in [0.1, 0.15) is 5.75 Å². The second-order valence-corrected chi connectivity index (χ2v) is 5.52. The molecule has 2 aromatic rings. The van der Waals surface area contributed by atoms with Gasteiger partial charge >= 0.3 is 0 Å². The number of nitrogens with one attached hydrogen (secondary N) is 2. The van der Waals surface area contributed by atoms with Crippen molar-refractivity contribution in [3.8, 4) is 5.75 Å². The van der Waals surface area contributed by atoms with Crippen molar-refractivity contribution in [2.75, 3.05) is 20.7 Å². The first kappa shape index (κ1) is 21.8. The predicted octanol–water partition coefficient (Wildman–Crippen LogP) is 2.32. The van der Waals surface area contributed by atoms with E-state index in [-0.39, 0.29) is 24.0 Å². The molecule has 0 aliphatic carbocycles. The van der Waals surface area contributed by atoms with Gasteiger partial charge in [-0.15, -0.1) is 24.0 Å². The fourth-order valence-electron chi connectivity index (χ4n) is 2.36. The molecule has 2 rings (SSSR count).